The molecule has 0 radical (unpaired) electrons. The van der Waals surface area contributed by atoms with Gasteiger partial charge in [0.1, 0.15) is 18.5 Å². The van der Waals surface area contributed by atoms with Gasteiger partial charge in [0.2, 0.25) is 0 Å². The number of nitrogens with one attached hydrogen (secondary N) is 1. The van der Waals surface area contributed by atoms with Gasteiger partial charge in [0.15, 0.2) is 0 Å². The molecule has 3 rings (SSSR count). The van der Waals surface area contributed by atoms with Gasteiger partial charge in [-0.15, -0.1) is 0 Å². The minimum atomic E-state index is 0.0856. The first-order valence-electron chi connectivity index (χ1n) is 7.74. The Morgan fingerprint density at radius 1 is 1.25 bits per heavy atom. The van der Waals surface area contributed by atoms with Gasteiger partial charge in [-0.1, -0.05) is 6.07 Å². The van der Waals surface area contributed by atoms with E-state index in [4.69, 9.17) is 9.47 Å². The molecule has 1 fully saturated rings. The van der Waals surface area contributed by atoms with E-state index in [9.17, 15) is 0 Å². The molecule has 110 valence electrons. The van der Waals surface area contributed by atoms with Gasteiger partial charge >= 0.3 is 0 Å². The van der Waals surface area contributed by atoms with Crippen molar-refractivity contribution in [3.63, 3.8) is 0 Å². The average Bonchev–Trinajstić information content (AvgIpc) is 2.46. The summed E-state index contributed by atoms with van der Waals surface area (Å²) in [6.07, 6.45) is 5.20. The van der Waals surface area contributed by atoms with Gasteiger partial charge in [-0.2, -0.15) is 0 Å². The molecule has 1 unspecified atom stereocenters. The Morgan fingerprint density at radius 3 is 2.80 bits per heavy atom. The normalized spacial score (nSPS) is 25.0. The van der Waals surface area contributed by atoms with E-state index in [1.165, 1.54) is 36.8 Å². The molecular formula is C17H25NO2. The van der Waals surface area contributed by atoms with Crippen molar-refractivity contribution in [2.45, 2.75) is 51.2 Å². The zero-order valence-electron chi connectivity index (χ0n) is 12.6. The Kier molecular flexibility index (Phi) is 3.99. The molecule has 1 aromatic carbocycles. The Balaban J connectivity index is 1.54. The minimum Gasteiger partial charge on any atom is -0.491 e. The molecule has 0 saturated carbocycles. The summed E-state index contributed by atoms with van der Waals surface area (Å²) in [6, 6.07) is 6.55. The second-order valence-electron chi connectivity index (χ2n) is 6.65. The van der Waals surface area contributed by atoms with Crippen molar-refractivity contribution in [1.29, 1.82) is 0 Å². The molecule has 2 aliphatic rings. The molecule has 0 bridgehead atoms. The molecule has 0 aromatic heterocycles. The highest BCUT2D eigenvalue weighted by Gasteiger charge is 2.27. The van der Waals surface area contributed by atoms with Gasteiger partial charge in [0, 0.05) is 12.1 Å². The molecule has 1 N–H and O–H groups in total. The maximum Gasteiger partial charge on any atom is 0.119 e. The van der Waals surface area contributed by atoms with E-state index in [0.29, 0.717) is 6.61 Å². The third-order valence-electron chi connectivity index (χ3n) is 4.24. The molecule has 1 aliphatic heterocycles. The lowest BCUT2D eigenvalue weighted by Gasteiger charge is -2.35. The third-order valence-corrected chi connectivity index (χ3v) is 4.24. The number of hydrogen-bond donors (Lipinski definition) is 1. The summed E-state index contributed by atoms with van der Waals surface area (Å²) < 4.78 is 11.8. The predicted molar refractivity (Wildman–Crippen MR) is 80.4 cm³/mol. The first-order chi connectivity index (χ1) is 9.62. The molecule has 20 heavy (non-hydrogen) atoms. The highest BCUT2D eigenvalue weighted by Crippen LogP contribution is 2.25. The van der Waals surface area contributed by atoms with E-state index in [-0.39, 0.29) is 11.6 Å². The van der Waals surface area contributed by atoms with Crippen molar-refractivity contribution in [2.75, 3.05) is 19.8 Å². The second-order valence-corrected chi connectivity index (χ2v) is 6.65. The Bertz CT molecular complexity index is 460. The zero-order chi connectivity index (χ0) is 14.0. The quantitative estimate of drug-likeness (QED) is 0.920. The molecular weight excluding hydrogens is 250 g/mol. The largest absolute Gasteiger partial charge is 0.491 e. The lowest BCUT2D eigenvalue weighted by molar-refractivity contribution is -0.0412. The van der Waals surface area contributed by atoms with Gasteiger partial charge in [-0.3, -0.25) is 0 Å². The first kappa shape index (κ1) is 13.9. The Morgan fingerprint density at radius 2 is 2.05 bits per heavy atom. The number of benzene rings is 1. The van der Waals surface area contributed by atoms with E-state index in [1.807, 2.05) is 0 Å². The average molecular weight is 275 g/mol. The van der Waals surface area contributed by atoms with Gasteiger partial charge in [-0.25, -0.2) is 0 Å². The van der Waals surface area contributed by atoms with Crippen LogP contribution in [0, 0.1) is 0 Å². The fourth-order valence-corrected chi connectivity index (χ4v) is 2.92. The second kappa shape index (κ2) is 5.74. The molecule has 1 heterocycles. The summed E-state index contributed by atoms with van der Waals surface area (Å²) in [4.78, 5) is 0. The highest BCUT2D eigenvalue weighted by atomic mass is 16.5. The van der Waals surface area contributed by atoms with Crippen molar-refractivity contribution in [1.82, 2.24) is 5.32 Å². The summed E-state index contributed by atoms with van der Waals surface area (Å²) >= 11 is 0. The summed E-state index contributed by atoms with van der Waals surface area (Å²) in [5, 5.41) is 3.49. The monoisotopic (exact) mass is 275 g/mol. The smallest absolute Gasteiger partial charge is 0.119 e. The van der Waals surface area contributed by atoms with Crippen LogP contribution in [0.3, 0.4) is 0 Å². The molecule has 0 amide bonds. The van der Waals surface area contributed by atoms with Crippen LogP contribution in [0.4, 0.5) is 0 Å². The summed E-state index contributed by atoms with van der Waals surface area (Å²) in [7, 11) is 0. The van der Waals surface area contributed by atoms with Gasteiger partial charge in [0.05, 0.1) is 6.61 Å². The lowest BCUT2D eigenvalue weighted by Crippen LogP contribution is -2.54. The standard InChI is InChI=1S/C17H25NO2/c1-17(2)12-20-16(10-18-17)11-19-15-8-7-13-5-3-4-6-14(13)9-15/h7-9,16,18H,3-6,10-12H2,1-2H3. The Labute approximate surface area is 121 Å². The van der Waals surface area contributed by atoms with E-state index in [0.717, 1.165) is 18.9 Å². The van der Waals surface area contributed by atoms with Crippen molar-refractivity contribution >= 4 is 0 Å². The van der Waals surface area contributed by atoms with Crippen LogP contribution < -0.4 is 10.1 Å². The highest BCUT2D eigenvalue weighted by molar-refractivity contribution is 5.37. The number of hydrogen-bond acceptors (Lipinski definition) is 3. The van der Waals surface area contributed by atoms with Gasteiger partial charge < -0.3 is 14.8 Å². The molecule has 1 saturated heterocycles. The fourth-order valence-electron chi connectivity index (χ4n) is 2.92. The lowest BCUT2D eigenvalue weighted by atomic mass is 9.92. The summed E-state index contributed by atoms with van der Waals surface area (Å²) in [5.74, 6) is 0.985. The first-order valence-corrected chi connectivity index (χ1v) is 7.74. The van der Waals surface area contributed by atoms with E-state index < -0.39 is 0 Å². The van der Waals surface area contributed by atoms with E-state index in [1.54, 1.807) is 0 Å². The molecule has 1 aromatic rings. The number of ether oxygens (including phenoxy) is 2. The molecule has 0 spiro atoms. The van der Waals surface area contributed by atoms with Crippen LogP contribution in [0.15, 0.2) is 18.2 Å². The van der Waals surface area contributed by atoms with Crippen LogP contribution in [0.5, 0.6) is 5.75 Å². The van der Waals surface area contributed by atoms with Crippen molar-refractivity contribution < 1.29 is 9.47 Å². The summed E-state index contributed by atoms with van der Waals surface area (Å²) in [5.41, 5.74) is 3.06. The SMILES string of the molecule is CC1(C)COC(COc2ccc3c(c2)CCCC3)CN1. The van der Waals surface area contributed by atoms with Crippen LogP contribution in [0.25, 0.3) is 0 Å². The molecule has 1 atom stereocenters. The topological polar surface area (TPSA) is 30.5 Å². The fraction of sp³-hybridized carbons (Fsp3) is 0.647. The predicted octanol–water partition coefficient (Wildman–Crippen LogP) is 2.71. The molecule has 3 heteroatoms. The van der Waals surface area contributed by atoms with Crippen molar-refractivity contribution in [3.05, 3.63) is 29.3 Å². The van der Waals surface area contributed by atoms with E-state index >= 15 is 0 Å². The van der Waals surface area contributed by atoms with Crippen LogP contribution in [0.1, 0.15) is 37.8 Å². The van der Waals surface area contributed by atoms with Crippen LogP contribution >= 0.6 is 0 Å². The zero-order valence-corrected chi connectivity index (χ0v) is 12.6. The minimum absolute atomic E-state index is 0.0856. The maximum atomic E-state index is 5.91. The van der Waals surface area contributed by atoms with Gasteiger partial charge in [-0.05, 0) is 62.8 Å². The third kappa shape index (κ3) is 3.33. The van der Waals surface area contributed by atoms with Crippen LogP contribution in [-0.4, -0.2) is 31.4 Å². The van der Waals surface area contributed by atoms with E-state index in [2.05, 4.69) is 37.4 Å². The maximum absolute atomic E-state index is 5.91. The van der Waals surface area contributed by atoms with Crippen molar-refractivity contribution in [2.24, 2.45) is 0 Å². The summed E-state index contributed by atoms with van der Waals surface area (Å²) in [6.45, 7) is 6.55. The Hall–Kier alpha value is -1.06. The molecule has 3 nitrogen and oxygen atoms in total. The molecule has 1 aliphatic carbocycles. The van der Waals surface area contributed by atoms with Crippen LogP contribution in [0.2, 0.25) is 0 Å². The number of aryl methyl sites for hydroxylation is 2. The van der Waals surface area contributed by atoms with Crippen molar-refractivity contribution in [3.8, 4) is 5.75 Å². The van der Waals surface area contributed by atoms with Crippen LogP contribution in [-0.2, 0) is 17.6 Å². The number of fused-ring (bicyclic) bond motifs is 1. The number of rotatable bonds is 3. The number of morpholine rings is 1. The van der Waals surface area contributed by atoms with Gasteiger partial charge in [0.25, 0.3) is 0 Å².